The standard InChI is InChI=1S/C9H5BrF6O/c10-7-5(11)2-1-3-6(7)17-4-8(12,13)9(14,15)16/h1-3H,4H2. The van der Waals surface area contributed by atoms with Crippen LogP contribution in [0.1, 0.15) is 0 Å². The van der Waals surface area contributed by atoms with Crippen molar-refractivity contribution in [2.45, 2.75) is 12.1 Å². The maximum Gasteiger partial charge on any atom is 0.456 e. The number of hydrogen-bond acceptors (Lipinski definition) is 1. The third-order valence-corrected chi connectivity index (χ3v) is 2.51. The van der Waals surface area contributed by atoms with Gasteiger partial charge in [-0.3, -0.25) is 0 Å². The Kier molecular flexibility index (Phi) is 3.95. The van der Waals surface area contributed by atoms with E-state index in [0.29, 0.717) is 0 Å². The zero-order valence-electron chi connectivity index (χ0n) is 7.99. The molecule has 0 aliphatic heterocycles. The van der Waals surface area contributed by atoms with Crippen molar-refractivity contribution < 1.29 is 31.1 Å². The van der Waals surface area contributed by atoms with E-state index >= 15 is 0 Å². The van der Waals surface area contributed by atoms with Crippen LogP contribution in [-0.2, 0) is 0 Å². The molecule has 0 aliphatic rings. The van der Waals surface area contributed by atoms with Crippen LogP contribution in [0.3, 0.4) is 0 Å². The Hall–Kier alpha value is -0.920. The molecule has 0 spiro atoms. The van der Waals surface area contributed by atoms with E-state index in [1.165, 1.54) is 0 Å². The van der Waals surface area contributed by atoms with Crippen molar-refractivity contribution in [3.63, 3.8) is 0 Å². The Bertz CT molecular complexity index is 403. The van der Waals surface area contributed by atoms with E-state index in [1.807, 2.05) is 0 Å². The molecule has 96 valence electrons. The zero-order valence-corrected chi connectivity index (χ0v) is 9.58. The average Bonchev–Trinajstić information content (AvgIpc) is 2.18. The molecule has 0 aromatic heterocycles. The largest absolute Gasteiger partial charge is 0.486 e. The Morgan fingerprint density at radius 3 is 2.24 bits per heavy atom. The van der Waals surface area contributed by atoms with Crippen LogP contribution in [0.25, 0.3) is 0 Å². The van der Waals surface area contributed by atoms with Crippen molar-refractivity contribution in [3.8, 4) is 5.75 Å². The molecule has 1 aromatic carbocycles. The lowest BCUT2D eigenvalue weighted by atomic mass is 10.3. The molecular weight excluding hydrogens is 318 g/mol. The Morgan fingerprint density at radius 2 is 1.71 bits per heavy atom. The molecule has 0 atom stereocenters. The summed E-state index contributed by atoms with van der Waals surface area (Å²) in [5.41, 5.74) is 0. The van der Waals surface area contributed by atoms with Gasteiger partial charge in [-0.2, -0.15) is 22.0 Å². The van der Waals surface area contributed by atoms with E-state index < -0.39 is 30.3 Å². The number of rotatable bonds is 3. The molecule has 1 rings (SSSR count). The maximum absolute atomic E-state index is 12.9. The second kappa shape index (κ2) is 4.75. The number of alkyl halides is 5. The predicted octanol–water partition coefficient (Wildman–Crippen LogP) is 4.16. The smallest absolute Gasteiger partial charge is 0.456 e. The molecule has 0 unspecified atom stereocenters. The van der Waals surface area contributed by atoms with E-state index in [0.717, 1.165) is 18.2 Å². The third-order valence-electron chi connectivity index (χ3n) is 1.74. The summed E-state index contributed by atoms with van der Waals surface area (Å²) in [5.74, 6) is -6.23. The van der Waals surface area contributed by atoms with Crippen LogP contribution in [0.2, 0.25) is 0 Å². The van der Waals surface area contributed by atoms with Gasteiger partial charge in [0, 0.05) is 0 Å². The van der Waals surface area contributed by atoms with Crippen LogP contribution >= 0.6 is 15.9 Å². The van der Waals surface area contributed by atoms with Gasteiger partial charge in [-0.25, -0.2) is 4.39 Å². The van der Waals surface area contributed by atoms with Gasteiger partial charge >= 0.3 is 12.1 Å². The van der Waals surface area contributed by atoms with Gasteiger partial charge in [0.2, 0.25) is 0 Å². The first kappa shape index (κ1) is 14.1. The lowest BCUT2D eigenvalue weighted by molar-refractivity contribution is -0.290. The van der Waals surface area contributed by atoms with E-state index in [-0.39, 0.29) is 4.47 Å². The van der Waals surface area contributed by atoms with Gasteiger partial charge < -0.3 is 4.74 Å². The molecule has 1 nitrogen and oxygen atoms in total. The average molecular weight is 323 g/mol. The summed E-state index contributed by atoms with van der Waals surface area (Å²) in [6, 6.07) is 3.19. The zero-order chi connectivity index (χ0) is 13.3. The fraction of sp³-hybridized carbons (Fsp3) is 0.333. The fourth-order valence-electron chi connectivity index (χ4n) is 0.846. The van der Waals surface area contributed by atoms with Crippen LogP contribution in [-0.4, -0.2) is 18.7 Å². The van der Waals surface area contributed by atoms with Crippen molar-refractivity contribution >= 4 is 15.9 Å². The van der Waals surface area contributed by atoms with Crippen molar-refractivity contribution in [1.82, 2.24) is 0 Å². The van der Waals surface area contributed by atoms with E-state index in [1.54, 1.807) is 0 Å². The highest BCUT2D eigenvalue weighted by Gasteiger charge is 2.58. The van der Waals surface area contributed by atoms with Crippen LogP contribution in [0.4, 0.5) is 26.3 Å². The fourth-order valence-corrected chi connectivity index (χ4v) is 1.22. The van der Waals surface area contributed by atoms with Gasteiger partial charge in [-0.15, -0.1) is 0 Å². The Balaban J connectivity index is 2.78. The molecule has 0 saturated heterocycles. The highest BCUT2D eigenvalue weighted by atomic mass is 79.9. The van der Waals surface area contributed by atoms with E-state index in [9.17, 15) is 26.3 Å². The second-order valence-corrected chi connectivity index (χ2v) is 3.84. The topological polar surface area (TPSA) is 9.23 Å². The first-order valence-electron chi connectivity index (χ1n) is 4.16. The van der Waals surface area contributed by atoms with Crippen LogP contribution < -0.4 is 4.74 Å². The van der Waals surface area contributed by atoms with Gasteiger partial charge in [0.15, 0.2) is 6.61 Å². The van der Waals surface area contributed by atoms with Crippen molar-refractivity contribution in [2.24, 2.45) is 0 Å². The summed E-state index contributed by atoms with van der Waals surface area (Å²) in [5, 5.41) is 0. The van der Waals surface area contributed by atoms with Gasteiger partial charge in [-0.1, -0.05) is 6.07 Å². The van der Waals surface area contributed by atoms with Crippen molar-refractivity contribution in [3.05, 3.63) is 28.5 Å². The van der Waals surface area contributed by atoms with Gasteiger partial charge in [-0.05, 0) is 28.1 Å². The minimum Gasteiger partial charge on any atom is -0.486 e. The van der Waals surface area contributed by atoms with E-state index in [2.05, 4.69) is 20.7 Å². The van der Waals surface area contributed by atoms with Crippen molar-refractivity contribution in [2.75, 3.05) is 6.61 Å². The molecule has 0 amide bonds. The molecular formula is C9H5BrF6O. The monoisotopic (exact) mass is 322 g/mol. The highest BCUT2D eigenvalue weighted by molar-refractivity contribution is 9.10. The molecule has 0 radical (unpaired) electrons. The molecule has 1 aromatic rings. The predicted molar refractivity (Wildman–Crippen MR) is 50.6 cm³/mol. The Morgan fingerprint density at radius 1 is 1.12 bits per heavy atom. The summed E-state index contributed by atoms with van der Waals surface area (Å²) in [6.07, 6.45) is -5.70. The van der Waals surface area contributed by atoms with Crippen LogP contribution in [0, 0.1) is 5.82 Å². The molecule has 8 heteroatoms. The lowest BCUT2D eigenvalue weighted by Crippen LogP contribution is -2.41. The van der Waals surface area contributed by atoms with Gasteiger partial charge in [0.1, 0.15) is 11.6 Å². The SMILES string of the molecule is Fc1cccc(OCC(F)(F)C(F)(F)F)c1Br. The van der Waals surface area contributed by atoms with Gasteiger partial charge in [0.05, 0.1) is 4.47 Å². The normalized spacial score (nSPS) is 12.6. The minimum absolute atomic E-state index is 0.307. The molecule has 17 heavy (non-hydrogen) atoms. The summed E-state index contributed by atoms with van der Waals surface area (Å²) in [7, 11) is 0. The number of ether oxygens (including phenoxy) is 1. The minimum atomic E-state index is -5.70. The first-order chi connectivity index (χ1) is 7.65. The maximum atomic E-state index is 12.9. The summed E-state index contributed by atoms with van der Waals surface area (Å²) in [4.78, 5) is 0. The lowest BCUT2D eigenvalue weighted by Gasteiger charge is -2.20. The van der Waals surface area contributed by atoms with Gasteiger partial charge in [0.25, 0.3) is 0 Å². The number of benzene rings is 1. The molecule has 0 bridgehead atoms. The van der Waals surface area contributed by atoms with Crippen LogP contribution in [0.5, 0.6) is 5.75 Å². The third kappa shape index (κ3) is 3.27. The van der Waals surface area contributed by atoms with E-state index in [4.69, 9.17) is 0 Å². The molecule has 0 aliphatic carbocycles. The second-order valence-electron chi connectivity index (χ2n) is 3.04. The summed E-state index contributed by atoms with van der Waals surface area (Å²) >= 11 is 2.67. The van der Waals surface area contributed by atoms with Crippen LogP contribution in [0.15, 0.2) is 22.7 Å². The molecule has 0 saturated carbocycles. The first-order valence-corrected chi connectivity index (χ1v) is 4.96. The summed E-state index contributed by atoms with van der Waals surface area (Å²) in [6.45, 7) is -1.90. The Labute approximate surface area is 101 Å². The quantitative estimate of drug-likeness (QED) is 0.759. The number of hydrogen-bond donors (Lipinski definition) is 0. The molecule has 0 fully saturated rings. The molecule has 0 heterocycles. The highest BCUT2D eigenvalue weighted by Crippen LogP contribution is 2.36. The van der Waals surface area contributed by atoms with Crippen molar-refractivity contribution in [1.29, 1.82) is 0 Å². The number of halogens is 7. The summed E-state index contributed by atoms with van der Waals surface area (Å²) < 4.78 is 77.2. The molecule has 0 N–H and O–H groups in total.